The largest absolute Gasteiger partial charge is 0.480 e. The van der Waals surface area contributed by atoms with Gasteiger partial charge in [-0.1, -0.05) is 19.8 Å². The fraction of sp³-hybridized carbons (Fsp3) is 0.909. The van der Waals surface area contributed by atoms with Gasteiger partial charge < -0.3 is 10.4 Å². The summed E-state index contributed by atoms with van der Waals surface area (Å²) in [7, 11) is 0. The number of carboxylic acid groups (broad SMARTS) is 1. The Morgan fingerprint density at radius 2 is 2.13 bits per heavy atom. The van der Waals surface area contributed by atoms with Crippen molar-refractivity contribution in [3.8, 4) is 0 Å². The molecule has 1 rings (SSSR count). The lowest BCUT2D eigenvalue weighted by Crippen LogP contribution is -2.51. The Bertz CT molecular complexity index is 217. The van der Waals surface area contributed by atoms with E-state index in [9.17, 15) is 4.79 Å². The number of nitrogens with one attached hydrogen (secondary N) is 1. The molecule has 0 aliphatic heterocycles. The second-order valence-electron chi connectivity index (χ2n) is 4.39. The summed E-state index contributed by atoms with van der Waals surface area (Å²) in [6.07, 6.45) is 5.13. The summed E-state index contributed by atoms with van der Waals surface area (Å²) in [5.41, 5.74) is -0.762. The van der Waals surface area contributed by atoms with Crippen molar-refractivity contribution in [3.63, 3.8) is 0 Å². The van der Waals surface area contributed by atoms with E-state index < -0.39 is 11.5 Å². The molecule has 0 radical (unpaired) electrons. The van der Waals surface area contributed by atoms with E-state index >= 15 is 0 Å². The molecule has 1 fully saturated rings. The van der Waals surface area contributed by atoms with Crippen molar-refractivity contribution in [3.05, 3.63) is 0 Å². The van der Waals surface area contributed by atoms with E-state index in [1.807, 2.05) is 18.7 Å². The van der Waals surface area contributed by atoms with Crippen LogP contribution in [0.2, 0.25) is 0 Å². The van der Waals surface area contributed by atoms with E-state index in [1.54, 1.807) is 6.92 Å². The van der Waals surface area contributed by atoms with Gasteiger partial charge in [0.25, 0.3) is 0 Å². The molecule has 1 unspecified atom stereocenters. The Morgan fingerprint density at radius 1 is 1.53 bits per heavy atom. The molecular weight excluding hydrogens is 210 g/mol. The molecular formula is C11H21NO2S. The van der Waals surface area contributed by atoms with Crippen molar-refractivity contribution in [2.45, 2.75) is 50.3 Å². The van der Waals surface area contributed by atoms with E-state index in [-0.39, 0.29) is 0 Å². The fourth-order valence-corrected chi connectivity index (χ4v) is 3.38. The topological polar surface area (TPSA) is 49.3 Å². The van der Waals surface area contributed by atoms with Gasteiger partial charge in [0.2, 0.25) is 0 Å². The first-order valence-electron chi connectivity index (χ1n) is 5.68. The molecule has 1 aliphatic rings. The lowest BCUT2D eigenvalue weighted by Gasteiger charge is -2.26. The zero-order chi connectivity index (χ0) is 11.3. The summed E-state index contributed by atoms with van der Waals surface area (Å²) in [5, 5.41) is 12.9. The highest BCUT2D eigenvalue weighted by molar-refractivity contribution is 8.00. The summed E-state index contributed by atoms with van der Waals surface area (Å²) in [4.78, 5) is 11.1. The predicted octanol–water partition coefficient (Wildman–Crippen LogP) is 2.12. The number of hydrogen-bond acceptors (Lipinski definition) is 3. The number of aliphatic carboxylic acids is 1. The van der Waals surface area contributed by atoms with Gasteiger partial charge in [-0.3, -0.25) is 4.79 Å². The first-order chi connectivity index (χ1) is 7.08. The van der Waals surface area contributed by atoms with Gasteiger partial charge in [-0.2, -0.15) is 11.8 Å². The van der Waals surface area contributed by atoms with E-state index in [1.165, 1.54) is 25.7 Å². The molecule has 4 heteroatoms. The molecule has 3 nitrogen and oxygen atoms in total. The summed E-state index contributed by atoms with van der Waals surface area (Å²) >= 11 is 1.82. The highest BCUT2D eigenvalue weighted by Gasteiger charge is 2.33. The maximum absolute atomic E-state index is 11.1. The molecule has 0 aromatic heterocycles. The minimum atomic E-state index is -0.762. The SMILES string of the molecule is CCNC(C)(CSC1CCCC1)C(=O)O. The summed E-state index contributed by atoms with van der Waals surface area (Å²) < 4.78 is 0. The minimum Gasteiger partial charge on any atom is -0.480 e. The number of carboxylic acids is 1. The molecule has 1 atom stereocenters. The van der Waals surface area contributed by atoms with Gasteiger partial charge in [-0.25, -0.2) is 0 Å². The van der Waals surface area contributed by atoms with Gasteiger partial charge in [0, 0.05) is 11.0 Å². The summed E-state index contributed by atoms with van der Waals surface area (Å²) in [6, 6.07) is 0. The highest BCUT2D eigenvalue weighted by Crippen LogP contribution is 2.31. The average molecular weight is 231 g/mol. The van der Waals surface area contributed by atoms with Crippen molar-refractivity contribution in [2.75, 3.05) is 12.3 Å². The van der Waals surface area contributed by atoms with Crippen molar-refractivity contribution < 1.29 is 9.90 Å². The van der Waals surface area contributed by atoms with Gasteiger partial charge in [-0.05, 0) is 26.3 Å². The van der Waals surface area contributed by atoms with Crippen LogP contribution in [-0.4, -0.2) is 34.2 Å². The molecule has 0 amide bonds. The zero-order valence-electron chi connectivity index (χ0n) is 9.58. The Hall–Kier alpha value is -0.220. The van der Waals surface area contributed by atoms with Crippen LogP contribution in [0.1, 0.15) is 39.5 Å². The second kappa shape index (κ2) is 5.75. The Kier molecular flexibility index (Phi) is 4.93. The Labute approximate surface area is 96.0 Å². The van der Waals surface area contributed by atoms with E-state index in [4.69, 9.17) is 5.11 Å². The van der Waals surface area contributed by atoms with Gasteiger partial charge in [0.15, 0.2) is 0 Å². The van der Waals surface area contributed by atoms with E-state index in [0.29, 0.717) is 17.5 Å². The molecule has 15 heavy (non-hydrogen) atoms. The Morgan fingerprint density at radius 3 is 2.60 bits per heavy atom. The van der Waals surface area contributed by atoms with Crippen LogP contribution in [0, 0.1) is 0 Å². The van der Waals surface area contributed by atoms with Gasteiger partial charge in [-0.15, -0.1) is 0 Å². The van der Waals surface area contributed by atoms with Crippen LogP contribution in [-0.2, 0) is 4.79 Å². The smallest absolute Gasteiger partial charge is 0.324 e. The van der Waals surface area contributed by atoms with Crippen LogP contribution >= 0.6 is 11.8 Å². The maximum Gasteiger partial charge on any atom is 0.324 e. The van der Waals surface area contributed by atoms with Crippen molar-refractivity contribution in [1.82, 2.24) is 5.32 Å². The molecule has 88 valence electrons. The monoisotopic (exact) mass is 231 g/mol. The number of rotatable bonds is 6. The van der Waals surface area contributed by atoms with E-state index in [0.717, 1.165) is 0 Å². The predicted molar refractivity (Wildman–Crippen MR) is 64.4 cm³/mol. The quantitative estimate of drug-likeness (QED) is 0.735. The molecule has 0 saturated heterocycles. The molecule has 0 heterocycles. The average Bonchev–Trinajstić information content (AvgIpc) is 2.67. The molecule has 1 aliphatic carbocycles. The molecule has 2 N–H and O–H groups in total. The number of likely N-dealkylation sites (N-methyl/N-ethyl adjacent to an activating group) is 1. The van der Waals surface area contributed by atoms with Gasteiger partial charge >= 0.3 is 5.97 Å². The summed E-state index contributed by atoms with van der Waals surface area (Å²) in [6.45, 7) is 4.43. The lowest BCUT2D eigenvalue weighted by atomic mass is 10.1. The number of carbonyl (C=O) groups is 1. The van der Waals surface area contributed by atoms with Crippen LogP contribution in [0.15, 0.2) is 0 Å². The van der Waals surface area contributed by atoms with Crippen LogP contribution < -0.4 is 5.32 Å². The third-order valence-corrected chi connectivity index (χ3v) is 4.64. The standard InChI is InChI=1S/C11H21NO2S/c1-3-12-11(2,10(13)14)8-15-9-6-4-5-7-9/h9,12H,3-8H2,1-2H3,(H,13,14). The highest BCUT2D eigenvalue weighted by atomic mass is 32.2. The fourth-order valence-electron chi connectivity index (χ4n) is 1.92. The van der Waals surface area contributed by atoms with Crippen LogP contribution in [0.25, 0.3) is 0 Å². The van der Waals surface area contributed by atoms with Crippen LogP contribution in [0.5, 0.6) is 0 Å². The third-order valence-electron chi connectivity index (χ3n) is 2.95. The van der Waals surface area contributed by atoms with Gasteiger partial charge in [0.1, 0.15) is 5.54 Å². The molecule has 0 aromatic rings. The third kappa shape index (κ3) is 3.68. The molecule has 0 spiro atoms. The first kappa shape index (κ1) is 12.8. The minimum absolute atomic E-state index is 0.668. The molecule has 0 aromatic carbocycles. The molecule has 0 bridgehead atoms. The summed E-state index contributed by atoms with van der Waals surface area (Å²) in [5.74, 6) is -0.0734. The van der Waals surface area contributed by atoms with Crippen LogP contribution in [0.3, 0.4) is 0 Å². The first-order valence-corrected chi connectivity index (χ1v) is 6.73. The van der Waals surface area contributed by atoms with Crippen molar-refractivity contribution in [1.29, 1.82) is 0 Å². The lowest BCUT2D eigenvalue weighted by molar-refractivity contribution is -0.143. The zero-order valence-corrected chi connectivity index (χ0v) is 10.4. The van der Waals surface area contributed by atoms with Gasteiger partial charge in [0.05, 0.1) is 0 Å². The second-order valence-corrected chi connectivity index (χ2v) is 5.67. The number of hydrogen-bond donors (Lipinski definition) is 2. The maximum atomic E-state index is 11.1. The number of thioether (sulfide) groups is 1. The Balaban J connectivity index is 2.40. The van der Waals surface area contributed by atoms with Crippen LogP contribution in [0.4, 0.5) is 0 Å². The normalized spacial score (nSPS) is 21.5. The van der Waals surface area contributed by atoms with Crippen molar-refractivity contribution >= 4 is 17.7 Å². The molecule has 1 saturated carbocycles. The van der Waals surface area contributed by atoms with E-state index in [2.05, 4.69) is 5.32 Å². The van der Waals surface area contributed by atoms with Crippen molar-refractivity contribution in [2.24, 2.45) is 0 Å².